The summed E-state index contributed by atoms with van der Waals surface area (Å²) in [5, 5.41) is 0.658. The van der Waals surface area contributed by atoms with Crippen LogP contribution in [0.15, 0.2) is 12.1 Å². The number of hydrogen-bond acceptors (Lipinski definition) is 4. The fourth-order valence-electron chi connectivity index (χ4n) is 1.84. The van der Waals surface area contributed by atoms with Crippen molar-refractivity contribution >= 4 is 29.2 Å². The highest BCUT2D eigenvalue weighted by Crippen LogP contribution is 2.24. The van der Waals surface area contributed by atoms with Crippen LogP contribution in [0.1, 0.15) is 12.6 Å². The normalized spacial score (nSPS) is 21.2. The molecule has 0 spiro atoms. The van der Waals surface area contributed by atoms with Crippen molar-refractivity contribution < 1.29 is 0 Å². The lowest BCUT2D eigenvalue weighted by atomic mass is 10.2. The van der Waals surface area contributed by atoms with E-state index in [9.17, 15) is 0 Å². The molecule has 0 saturated carbocycles. The quantitative estimate of drug-likeness (QED) is 0.882. The Balaban J connectivity index is 2.25. The van der Waals surface area contributed by atoms with Crippen LogP contribution in [0.5, 0.6) is 0 Å². The van der Waals surface area contributed by atoms with Gasteiger partial charge in [-0.15, -0.1) is 0 Å². The van der Waals surface area contributed by atoms with E-state index >= 15 is 0 Å². The van der Waals surface area contributed by atoms with E-state index in [4.69, 9.17) is 17.3 Å². The molecule has 0 aromatic carbocycles. The molecule has 1 fully saturated rings. The van der Waals surface area contributed by atoms with Crippen LogP contribution in [-0.4, -0.2) is 29.1 Å². The van der Waals surface area contributed by atoms with Gasteiger partial charge in [0.15, 0.2) is 0 Å². The number of halogens is 1. The summed E-state index contributed by atoms with van der Waals surface area (Å²) in [5.74, 6) is 3.31. The van der Waals surface area contributed by atoms with Crippen LogP contribution in [-0.2, 0) is 6.54 Å². The van der Waals surface area contributed by atoms with Gasteiger partial charge < -0.3 is 10.6 Å². The Morgan fingerprint density at radius 2 is 2.44 bits per heavy atom. The van der Waals surface area contributed by atoms with Gasteiger partial charge in [0.1, 0.15) is 5.82 Å². The standard InChI is InChI=1S/C11H16ClN3S/c1-8-7-16-5-4-15(8)11-3-2-9(12)10(6-13)14-11/h2-3,8H,4-7,13H2,1H3. The number of nitrogens with two attached hydrogens (primary N) is 1. The molecule has 3 nitrogen and oxygen atoms in total. The Labute approximate surface area is 105 Å². The van der Waals surface area contributed by atoms with Gasteiger partial charge in [0.25, 0.3) is 0 Å². The maximum Gasteiger partial charge on any atom is 0.129 e. The number of rotatable bonds is 2. The van der Waals surface area contributed by atoms with Crippen LogP contribution in [0.2, 0.25) is 5.02 Å². The molecule has 1 aliphatic heterocycles. The number of aromatic nitrogens is 1. The van der Waals surface area contributed by atoms with Gasteiger partial charge in [0, 0.05) is 30.6 Å². The summed E-state index contributed by atoms with van der Waals surface area (Å²) in [7, 11) is 0. The summed E-state index contributed by atoms with van der Waals surface area (Å²) in [6.45, 7) is 3.67. The average molecular weight is 258 g/mol. The van der Waals surface area contributed by atoms with E-state index in [1.54, 1.807) is 0 Å². The third-order valence-electron chi connectivity index (χ3n) is 2.76. The number of nitrogens with zero attached hydrogens (tertiary/aromatic N) is 2. The van der Waals surface area contributed by atoms with Crippen molar-refractivity contribution in [2.24, 2.45) is 5.73 Å². The van der Waals surface area contributed by atoms with Crippen molar-refractivity contribution in [2.45, 2.75) is 19.5 Å². The minimum atomic E-state index is 0.393. The number of anilines is 1. The van der Waals surface area contributed by atoms with Crippen LogP contribution in [0.3, 0.4) is 0 Å². The first-order chi connectivity index (χ1) is 7.72. The second kappa shape index (κ2) is 5.25. The maximum atomic E-state index is 6.01. The van der Waals surface area contributed by atoms with E-state index in [0.29, 0.717) is 17.6 Å². The van der Waals surface area contributed by atoms with Crippen LogP contribution in [0.25, 0.3) is 0 Å². The minimum Gasteiger partial charge on any atom is -0.352 e. The average Bonchev–Trinajstić information content (AvgIpc) is 2.31. The van der Waals surface area contributed by atoms with Gasteiger partial charge in [0.2, 0.25) is 0 Å². The highest BCUT2D eigenvalue weighted by Gasteiger charge is 2.20. The van der Waals surface area contributed by atoms with Gasteiger partial charge in [-0.3, -0.25) is 0 Å². The molecule has 0 radical (unpaired) electrons. The maximum absolute atomic E-state index is 6.01. The summed E-state index contributed by atoms with van der Waals surface area (Å²) >= 11 is 8.00. The molecule has 1 aliphatic rings. The molecule has 88 valence electrons. The van der Waals surface area contributed by atoms with Crippen LogP contribution >= 0.6 is 23.4 Å². The van der Waals surface area contributed by atoms with Crippen LogP contribution in [0, 0.1) is 0 Å². The zero-order chi connectivity index (χ0) is 11.5. The summed E-state index contributed by atoms with van der Waals surface area (Å²) in [5.41, 5.74) is 6.40. The van der Waals surface area contributed by atoms with E-state index in [0.717, 1.165) is 29.6 Å². The summed E-state index contributed by atoms with van der Waals surface area (Å²) in [6.07, 6.45) is 0. The van der Waals surface area contributed by atoms with Gasteiger partial charge in [-0.05, 0) is 19.1 Å². The minimum absolute atomic E-state index is 0.393. The fraction of sp³-hybridized carbons (Fsp3) is 0.545. The van der Waals surface area contributed by atoms with E-state index in [2.05, 4.69) is 16.8 Å². The van der Waals surface area contributed by atoms with Gasteiger partial charge in [0.05, 0.1) is 10.7 Å². The van der Waals surface area contributed by atoms with Crippen molar-refractivity contribution in [3.63, 3.8) is 0 Å². The van der Waals surface area contributed by atoms with Crippen LogP contribution in [0.4, 0.5) is 5.82 Å². The van der Waals surface area contributed by atoms with Crippen molar-refractivity contribution in [3.8, 4) is 0 Å². The third-order valence-corrected chi connectivity index (χ3v) is 4.29. The van der Waals surface area contributed by atoms with E-state index in [1.807, 2.05) is 23.9 Å². The topological polar surface area (TPSA) is 42.1 Å². The van der Waals surface area contributed by atoms with Gasteiger partial charge in [-0.2, -0.15) is 11.8 Å². The highest BCUT2D eigenvalue weighted by atomic mass is 35.5. The molecule has 2 N–H and O–H groups in total. The lowest BCUT2D eigenvalue weighted by Crippen LogP contribution is -2.41. The van der Waals surface area contributed by atoms with E-state index in [-0.39, 0.29) is 0 Å². The molecule has 0 bridgehead atoms. The first-order valence-corrected chi connectivity index (χ1v) is 6.95. The molecule has 1 unspecified atom stereocenters. The highest BCUT2D eigenvalue weighted by molar-refractivity contribution is 7.99. The predicted molar refractivity (Wildman–Crippen MR) is 71.3 cm³/mol. The Bertz CT molecular complexity index is 372. The Morgan fingerprint density at radius 1 is 1.62 bits per heavy atom. The van der Waals surface area contributed by atoms with E-state index in [1.165, 1.54) is 0 Å². The first-order valence-electron chi connectivity index (χ1n) is 5.42. The Morgan fingerprint density at radius 3 is 3.12 bits per heavy atom. The van der Waals surface area contributed by atoms with Gasteiger partial charge >= 0.3 is 0 Å². The van der Waals surface area contributed by atoms with Crippen molar-refractivity contribution in [1.82, 2.24) is 4.98 Å². The molecule has 0 amide bonds. The zero-order valence-corrected chi connectivity index (χ0v) is 10.9. The number of hydrogen-bond donors (Lipinski definition) is 1. The third kappa shape index (κ3) is 2.44. The lowest BCUT2D eigenvalue weighted by Gasteiger charge is -2.34. The summed E-state index contributed by atoms with van der Waals surface area (Å²) in [6, 6.07) is 4.40. The number of thioether (sulfide) groups is 1. The predicted octanol–water partition coefficient (Wildman–Crippen LogP) is 2.14. The molecule has 16 heavy (non-hydrogen) atoms. The summed E-state index contributed by atoms with van der Waals surface area (Å²) < 4.78 is 0. The second-order valence-electron chi connectivity index (χ2n) is 3.92. The molecule has 2 rings (SSSR count). The molecule has 0 aliphatic carbocycles. The van der Waals surface area contributed by atoms with Gasteiger partial charge in [-0.25, -0.2) is 4.98 Å². The largest absolute Gasteiger partial charge is 0.352 e. The molecule has 1 aromatic rings. The lowest BCUT2D eigenvalue weighted by molar-refractivity contribution is 0.687. The molecule has 1 aromatic heterocycles. The number of pyridine rings is 1. The zero-order valence-electron chi connectivity index (χ0n) is 9.32. The van der Waals surface area contributed by atoms with Crippen LogP contribution < -0.4 is 10.6 Å². The Kier molecular flexibility index (Phi) is 3.95. The van der Waals surface area contributed by atoms with E-state index < -0.39 is 0 Å². The molecule has 2 heterocycles. The Hall–Kier alpha value is -0.450. The SMILES string of the molecule is CC1CSCCN1c1ccc(Cl)c(CN)n1. The summed E-state index contributed by atoms with van der Waals surface area (Å²) in [4.78, 5) is 6.85. The fourth-order valence-corrected chi connectivity index (χ4v) is 3.04. The monoisotopic (exact) mass is 257 g/mol. The molecule has 1 saturated heterocycles. The molecule has 5 heteroatoms. The molecular weight excluding hydrogens is 242 g/mol. The first kappa shape index (κ1) is 12.0. The van der Waals surface area contributed by atoms with Crippen molar-refractivity contribution in [2.75, 3.05) is 23.0 Å². The van der Waals surface area contributed by atoms with Crippen molar-refractivity contribution in [1.29, 1.82) is 0 Å². The second-order valence-corrected chi connectivity index (χ2v) is 5.48. The van der Waals surface area contributed by atoms with Gasteiger partial charge in [-0.1, -0.05) is 11.6 Å². The smallest absolute Gasteiger partial charge is 0.129 e. The molecular formula is C11H16ClN3S. The van der Waals surface area contributed by atoms with Crippen molar-refractivity contribution in [3.05, 3.63) is 22.8 Å². The molecule has 1 atom stereocenters.